The molecule has 3 aliphatic rings. The van der Waals surface area contributed by atoms with Gasteiger partial charge in [-0.3, -0.25) is 19.2 Å². The van der Waals surface area contributed by atoms with Crippen molar-refractivity contribution in [3.8, 4) is 0 Å². The lowest BCUT2D eigenvalue weighted by atomic mass is 9.70. The number of nitrogens with two attached hydrogens (primary N) is 1. The SMILES string of the molecule is CC(C)[C@H]1CCN(C(=O)[C@@H](NC(=O)N[C@H](COC(C)(C)C)C(C)(C)C)C2(C)CCCCC2)[C@@H]1C(=O)NC(CC1CCC1)C(=O)C(N)=O. The fourth-order valence-corrected chi connectivity index (χ4v) is 7.34. The van der Waals surface area contributed by atoms with Gasteiger partial charge in [0, 0.05) is 6.54 Å². The zero-order valence-electron chi connectivity index (χ0n) is 30.5. The summed E-state index contributed by atoms with van der Waals surface area (Å²) in [6.45, 7) is 18.8. The van der Waals surface area contributed by atoms with Gasteiger partial charge in [-0.2, -0.15) is 0 Å². The van der Waals surface area contributed by atoms with Crippen LogP contribution in [-0.4, -0.2) is 77.4 Å². The highest BCUT2D eigenvalue weighted by molar-refractivity contribution is 6.37. The number of Topliss-reactive ketones (excluding diaryl/α,β-unsaturated/α-hetero) is 1. The molecule has 1 saturated heterocycles. The Hall–Kier alpha value is -2.69. The smallest absolute Gasteiger partial charge is 0.315 e. The van der Waals surface area contributed by atoms with Gasteiger partial charge in [-0.1, -0.05) is 80.1 Å². The van der Waals surface area contributed by atoms with Crippen molar-refractivity contribution in [2.45, 2.75) is 156 Å². The zero-order chi connectivity index (χ0) is 35.3. The topological polar surface area (TPSA) is 160 Å². The Balaban J connectivity index is 1.89. The number of rotatable bonds is 13. The van der Waals surface area contributed by atoms with Gasteiger partial charge in [0.2, 0.25) is 17.6 Å². The van der Waals surface area contributed by atoms with E-state index < -0.39 is 47.2 Å². The summed E-state index contributed by atoms with van der Waals surface area (Å²) in [5.41, 5.74) is 4.19. The maximum atomic E-state index is 14.7. The summed E-state index contributed by atoms with van der Waals surface area (Å²) in [5, 5.41) is 9.02. The highest BCUT2D eigenvalue weighted by Crippen LogP contribution is 2.41. The van der Waals surface area contributed by atoms with Crippen molar-refractivity contribution >= 4 is 29.5 Å². The molecule has 0 radical (unpaired) electrons. The number of carbonyl (C=O) groups excluding carboxylic acids is 5. The predicted molar refractivity (Wildman–Crippen MR) is 182 cm³/mol. The molecule has 11 heteroatoms. The summed E-state index contributed by atoms with van der Waals surface area (Å²) in [7, 11) is 0. The highest BCUT2D eigenvalue weighted by atomic mass is 16.5. The normalized spacial score (nSPS) is 23.7. The second kappa shape index (κ2) is 15.7. The van der Waals surface area contributed by atoms with Crippen LogP contribution in [0.4, 0.5) is 4.79 Å². The van der Waals surface area contributed by atoms with Crippen molar-refractivity contribution < 1.29 is 28.7 Å². The third-order valence-electron chi connectivity index (χ3n) is 10.8. The van der Waals surface area contributed by atoms with E-state index in [1.807, 2.05) is 55.4 Å². The largest absolute Gasteiger partial charge is 0.374 e. The number of urea groups is 1. The summed E-state index contributed by atoms with van der Waals surface area (Å²) in [5.74, 6) is -2.44. The van der Waals surface area contributed by atoms with E-state index >= 15 is 0 Å². The monoisotopic (exact) mass is 661 g/mol. The number of ether oxygens (including phenoxy) is 1. The molecule has 268 valence electrons. The van der Waals surface area contributed by atoms with E-state index in [2.05, 4.69) is 22.9 Å². The van der Waals surface area contributed by atoms with Crippen LogP contribution < -0.4 is 21.7 Å². The lowest BCUT2D eigenvalue weighted by Crippen LogP contribution is -2.63. The molecule has 3 fully saturated rings. The van der Waals surface area contributed by atoms with Crippen LogP contribution >= 0.6 is 0 Å². The maximum absolute atomic E-state index is 14.7. The summed E-state index contributed by atoms with van der Waals surface area (Å²) in [6, 6.07) is -3.47. The van der Waals surface area contributed by atoms with Gasteiger partial charge in [-0.25, -0.2) is 4.79 Å². The van der Waals surface area contributed by atoms with Gasteiger partial charge in [0.1, 0.15) is 12.1 Å². The quantitative estimate of drug-likeness (QED) is 0.213. The molecule has 0 aromatic carbocycles. The third kappa shape index (κ3) is 10.4. The van der Waals surface area contributed by atoms with Gasteiger partial charge in [-0.05, 0) is 75.0 Å². The molecule has 0 spiro atoms. The molecule has 5 amide bonds. The number of ketones is 1. The molecule has 5 N–H and O–H groups in total. The molecular formula is C36H63N5O6. The Morgan fingerprint density at radius 2 is 1.51 bits per heavy atom. The molecule has 5 atom stereocenters. The van der Waals surface area contributed by atoms with Crippen LogP contribution in [0.1, 0.15) is 127 Å². The number of likely N-dealkylation sites (tertiary alicyclic amines) is 1. The Labute approximate surface area is 282 Å². The van der Waals surface area contributed by atoms with Crippen LogP contribution in [0.2, 0.25) is 0 Å². The minimum absolute atomic E-state index is 0.0795. The number of primary amides is 1. The van der Waals surface area contributed by atoms with E-state index in [-0.39, 0.29) is 40.7 Å². The molecule has 47 heavy (non-hydrogen) atoms. The molecule has 0 aromatic rings. The second-order valence-corrected chi connectivity index (χ2v) is 17.1. The van der Waals surface area contributed by atoms with Gasteiger partial charge < -0.3 is 31.3 Å². The van der Waals surface area contributed by atoms with E-state index in [1.54, 1.807) is 4.90 Å². The third-order valence-corrected chi connectivity index (χ3v) is 10.8. The predicted octanol–water partition coefficient (Wildman–Crippen LogP) is 4.46. The number of nitrogens with zero attached hydrogens (tertiary/aromatic N) is 1. The average Bonchev–Trinajstić information content (AvgIpc) is 3.39. The molecule has 2 saturated carbocycles. The van der Waals surface area contributed by atoms with E-state index in [9.17, 15) is 24.0 Å². The van der Waals surface area contributed by atoms with Crippen LogP contribution in [-0.2, 0) is 23.9 Å². The van der Waals surface area contributed by atoms with Crippen molar-refractivity contribution in [1.82, 2.24) is 20.9 Å². The van der Waals surface area contributed by atoms with Crippen molar-refractivity contribution in [2.24, 2.45) is 34.3 Å². The Morgan fingerprint density at radius 1 is 0.894 bits per heavy atom. The Morgan fingerprint density at radius 3 is 2.00 bits per heavy atom. The summed E-state index contributed by atoms with van der Waals surface area (Å²) >= 11 is 0. The second-order valence-electron chi connectivity index (χ2n) is 17.1. The number of amides is 5. The minimum atomic E-state index is -1.07. The van der Waals surface area contributed by atoms with E-state index in [0.717, 1.165) is 51.4 Å². The maximum Gasteiger partial charge on any atom is 0.315 e. The fraction of sp³-hybridized carbons (Fsp3) is 0.861. The first kappa shape index (κ1) is 38.8. The molecule has 3 rings (SSSR count). The van der Waals surface area contributed by atoms with Crippen molar-refractivity contribution in [3.63, 3.8) is 0 Å². The molecule has 0 bridgehead atoms. The number of carbonyl (C=O) groups is 5. The molecule has 1 unspecified atom stereocenters. The van der Waals surface area contributed by atoms with Crippen molar-refractivity contribution in [3.05, 3.63) is 0 Å². The summed E-state index contributed by atoms with van der Waals surface area (Å²) in [4.78, 5) is 68.9. The van der Waals surface area contributed by atoms with Crippen LogP contribution in [0.5, 0.6) is 0 Å². The van der Waals surface area contributed by atoms with Crippen molar-refractivity contribution in [1.29, 1.82) is 0 Å². The van der Waals surface area contributed by atoms with Gasteiger partial charge in [-0.15, -0.1) is 0 Å². The van der Waals surface area contributed by atoms with Gasteiger partial charge in [0.15, 0.2) is 0 Å². The first-order chi connectivity index (χ1) is 21.7. The average molecular weight is 662 g/mol. The van der Waals surface area contributed by atoms with Gasteiger partial charge in [0.05, 0.1) is 24.3 Å². The number of hydrogen-bond acceptors (Lipinski definition) is 6. The highest BCUT2D eigenvalue weighted by Gasteiger charge is 2.50. The Bertz CT molecular complexity index is 1130. The molecule has 2 aliphatic carbocycles. The molecular weight excluding hydrogens is 598 g/mol. The fourth-order valence-electron chi connectivity index (χ4n) is 7.34. The van der Waals surface area contributed by atoms with Gasteiger partial charge >= 0.3 is 6.03 Å². The van der Waals surface area contributed by atoms with E-state index in [0.29, 0.717) is 26.0 Å². The van der Waals surface area contributed by atoms with Crippen LogP contribution in [0.25, 0.3) is 0 Å². The van der Waals surface area contributed by atoms with E-state index in [4.69, 9.17) is 10.5 Å². The lowest BCUT2D eigenvalue weighted by molar-refractivity contribution is -0.145. The first-order valence-electron chi connectivity index (χ1n) is 17.9. The first-order valence-corrected chi connectivity index (χ1v) is 17.9. The van der Waals surface area contributed by atoms with Crippen LogP contribution in [0, 0.1) is 28.6 Å². The lowest BCUT2D eigenvalue weighted by Gasteiger charge is -2.43. The van der Waals surface area contributed by atoms with Crippen LogP contribution in [0.15, 0.2) is 0 Å². The Kier molecular flexibility index (Phi) is 12.9. The summed E-state index contributed by atoms with van der Waals surface area (Å²) < 4.78 is 6.05. The van der Waals surface area contributed by atoms with Crippen LogP contribution in [0.3, 0.4) is 0 Å². The molecule has 1 heterocycles. The number of nitrogens with one attached hydrogen (secondary N) is 3. The number of hydrogen-bond donors (Lipinski definition) is 4. The molecule has 11 nitrogen and oxygen atoms in total. The van der Waals surface area contributed by atoms with Gasteiger partial charge in [0.25, 0.3) is 5.91 Å². The molecule has 0 aromatic heterocycles. The zero-order valence-corrected chi connectivity index (χ0v) is 30.5. The minimum Gasteiger partial charge on any atom is -0.374 e. The summed E-state index contributed by atoms with van der Waals surface area (Å²) in [6.07, 6.45) is 8.41. The van der Waals surface area contributed by atoms with Crippen molar-refractivity contribution in [2.75, 3.05) is 13.2 Å². The van der Waals surface area contributed by atoms with E-state index in [1.165, 1.54) is 0 Å². The molecule has 1 aliphatic heterocycles. The standard InChI is InChI=1S/C36H63N5O6/c1-22(2)24-16-19-41(27(24)31(44)38-25(28(42)30(37)43)20-23-14-13-15-23)32(45)29(36(9)17-11-10-12-18-36)40-33(46)39-26(34(3,4)5)21-47-35(6,7)8/h22-27,29H,10-21H2,1-9H3,(H2,37,43)(H,38,44)(H2,39,40,46)/t24-,25?,26-,27+,29-/m1/s1.